The van der Waals surface area contributed by atoms with Crippen molar-refractivity contribution in [3.8, 4) is 5.88 Å². The Labute approximate surface area is 146 Å². The second-order valence-corrected chi connectivity index (χ2v) is 5.78. The van der Waals surface area contributed by atoms with Gasteiger partial charge in [0.2, 0.25) is 5.95 Å². The van der Waals surface area contributed by atoms with E-state index in [4.69, 9.17) is 15.3 Å². The number of pyridine rings is 1. The molecule has 0 saturated carbocycles. The van der Waals surface area contributed by atoms with Gasteiger partial charge >= 0.3 is 0 Å². The van der Waals surface area contributed by atoms with Gasteiger partial charge in [0.1, 0.15) is 12.3 Å². The van der Waals surface area contributed by atoms with Gasteiger partial charge in [0, 0.05) is 18.7 Å². The number of ether oxygens (including phenoxy) is 1. The Hall–Kier alpha value is -3.02. The third kappa shape index (κ3) is 2.77. The molecular formula is C15H16N6O5. The Kier molecular flexibility index (Phi) is 4.03. The fraction of sp³-hybridized carbons (Fsp3) is 0.333. The average molecular weight is 360 g/mol. The maximum absolute atomic E-state index is 11.8. The lowest BCUT2D eigenvalue weighted by atomic mass is 10.2. The number of hydrogen-bond donors (Lipinski definition) is 3. The molecule has 4 rings (SSSR count). The van der Waals surface area contributed by atoms with E-state index in [2.05, 4.69) is 15.0 Å². The van der Waals surface area contributed by atoms with Gasteiger partial charge in [-0.3, -0.25) is 9.36 Å². The van der Waals surface area contributed by atoms with E-state index >= 15 is 0 Å². The summed E-state index contributed by atoms with van der Waals surface area (Å²) in [6, 6.07) is 4.55. The van der Waals surface area contributed by atoms with Crippen molar-refractivity contribution in [3.63, 3.8) is 0 Å². The summed E-state index contributed by atoms with van der Waals surface area (Å²) in [4.78, 5) is 29.7. The van der Waals surface area contributed by atoms with E-state index in [9.17, 15) is 15.0 Å². The van der Waals surface area contributed by atoms with E-state index in [-0.39, 0.29) is 35.9 Å². The summed E-state index contributed by atoms with van der Waals surface area (Å²) < 4.78 is 8.19. The summed E-state index contributed by atoms with van der Waals surface area (Å²) in [5, 5.41) is 19.2. The number of nitrogens with zero attached hydrogens (tertiary/aromatic N) is 5. The molecule has 11 heteroatoms. The van der Waals surface area contributed by atoms with E-state index in [1.807, 2.05) is 0 Å². The molecule has 3 aromatic heterocycles. The Balaban J connectivity index is 1.74. The molecule has 26 heavy (non-hydrogen) atoms. The van der Waals surface area contributed by atoms with E-state index < -0.39 is 18.4 Å². The summed E-state index contributed by atoms with van der Waals surface area (Å²) in [7, 11) is 0. The van der Waals surface area contributed by atoms with Crippen LogP contribution in [0.25, 0.3) is 11.2 Å². The van der Waals surface area contributed by atoms with Crippen LogP contribution in [0.3, 0.4) is 0 Å². The number of anilines is 1. The van der Waals surface area contributed by atoms with Crippen LogP contribution >= 0.6 is 0 Å². The largest absolute Gasteiger partial charge is 0.394 e. The summed E-state index contributed by atoms with van der Waals surface area (Å²) >= 11 is 0. The lowest BCUT2D eigenvalue weighted by Crippen LogP contribution is -2.24. The lowest BCUT2D eigenvalue weighted by Gasteiger charge is -2.14. The topological polar surface area (TPSA) is 151 Å². The van der Waals surface area contributed by atoms with Crippen molar-refractivity contribution in [2.45, 2.75) is 24.9 Å². The second-order valence-electron chi connectivity index (χ2n) is 5.78. The molecule has 0 spiro atoms. The van der Waals surface area contributed by atoms with Gasteiger partial charge in [-0.25, -0.2) is 4.98 Å². The third-order valence-corrected chi connectivity index (χ3v) is 4.07. The highest BCUT2D eigenvalue weighted by Crippen LogP contribution is 2.32. The molecule has 0 bridgehead atoms. The SMILES string of the molecule is Nc1nc(On2ccccc2=O)c2ncn([C@H]3C[C@H](O)[C@@H](CO)O3)c2n1. The van der Waals surface area contributed by atoms with Crippen LogP contribution < -0.4 is 16.1 Å². The Morgan fingerprint density at radius 1 is 1.38 bits per heavy atom. The van der Waals surface area contributed by atoms with E-state index in [0.717, 1.165) is 4.73 Å². The number of nitrogen functional groups attached to an aromatic ring is 1. The average Bonchev–Trinajstić information content (AvgIpc) is 3.20. The number of aliphatic hydroxyl groups is 2. The fourth-order valence-corrected chi connectivity index (χ4v) is 2.81. The van der Waals surface area contributed by atoms with Crippen molar-refractivity contribution < 1.29 is 19.8 Å². The van der Waals surface area contributed by atoms with Crippen molar-refractivity contribution in [1.82, 2.24) is 24.2 Å². The van der Waals surface area contributed by atoms with Crippen molar-refractivity contribution in [1.29, 1.82) is 0 Å². The molecular weight excluding hydrogens is 344 g/mol. The molecule has 0 unspecified atom stereocenters. The van der Waals surface area contributed by atoms with Crippen LogP contribution in [0.2, 0.25) is 0 Å². The number of hydrogen-bond acceptors (Lipinski definition) is 9. The van der Waals surface area contributed by atoms with E-state index in [1.165, 1.54) is 18.6 Å². The number of aliphatic hydroxyl groups excluding tert-OH is 2. The normalized spacial score (nSPS) is 22.8. The highest BCUT2D eigenvalue weighted by atomic mass is 16.7. The summed E-state index contributed by atoms with van der Waals surface area (Å²) in [6.07, 6.45) is 1.08. The number of nitrogens with two attached hydrogens (primary N) is 1. The first kappa shape index (κ1) is 16.4. The number of aromatic nitrogens is 5. The zero-order valence-corrected chi connectivity index (χ0v) is 13.5. The molecule has 4 N–H and O–H groups in total. The van der Waals surface area contributed by atoms with Gasteiger partial charge in [-0.15, -0.1) is 4.73 Å². The first-order valence-electron chi connectivity index (χ1n) is 7.87. The monoisotopic (exact) mass is 360 g/mol. The van der Waals surface area contributed by atoms with Crippen molar-refractivity contribution in [3.05, 3.63) is 41.1 Å². The zero-order valence-electron chi connectivity index (χ0n) is 13.5. The highest BCUT2D eigenvalue weighted by Gasteiger charge is 2.35. The smallest absolute Gasteiger partial charge is 0.283 e. The van der Waals surface area contributed by atoms with Gasteiger partial charge in [-0.1, -0.05) is 6.07 Å². The van der Waals surface area contributed by atoms with Gasteiger partial charge < -0.3 is 25.5 Å². The van der Waals surface area contributed by atoms with Crippen molar-refractivity contribution >= 4 is 17.1 Å². The quantitative estimate of drug-likeness (QED) is 0.535. The first-order chi connectivity index (χ1) is 12.6. The van der Waals surface area contributed by atoms with Crippen LogP contribution in [0.15, 0.2) is 35.5 Å². The van der Waals surface area contributed by atoms with Gasteiger partial charge in [0.05, 0.1) is 19.0 Å². The van der Waals surface area contributed by atoms with Crippen LogP contribution in [-0.4, -0.2) is 53.3 Å². The van der Waals surface area contributed by atoms with Gasteiger partial charge in [-0.05, 0) is 6.07 Å². The summed E-state index contributed by atoms with van der Waals surface area (Å²) in [5.74, 6) is -0.0627. The molecule has 1 fully saturated rings. The molecule has 11 nitrogen and oxygen atoms in total. The highest BCUT2D eigenvalue weighted by molar-refractivity contribution is 5.77. The van der Waals surface area contributed by atoms with Crippen molar-refractivity contribution in [2.75, 3.05) is 12.3 Å². The molecule has 3 aromatic rings. The van der Waals surface area contributed by atoms with Crippen LogP contribution in [0, 0.1) is 0 Å². The minimum Gasteiger partial charge on any atom is -0.394 e. The van der Waals surface area contributed by atoms with Gasteiger partial charge in [-0.2, -0.15) is 9.97 Å². The Bertz CT molecular complexity index is 1000. The molecule has 0 aliphatic carbocycles. The minimum atomic E-state index is -0.805. The molecule has 3 atom stereocenters. The third-order valence-electron chi connectivity index (χ3n) is 4.07. The van der Waals surface area contributed by atoms with Crippen LogP contribution in [0.4, 0.5) is 5.95 Å². The van der Waals surface area contributed by atoms with Crippen LogP contribution in [0.5, 0.6) is 5.88 Å². The number of imidazole rings is 1. The molecule has 136 valence electrons. The zero-order chi connectivity index (χ0) is 18.3. The van der Waals surface area contributed by atoms with Crippen LogP contribution in [-0.2, 0) is 4.74 Å². The minimum absolute atomic E-state index is 0.0109. The van der Waals surface area contributed by atoms with Gasteiger partial charge in [0.25, 0.3) is 11.4 Å². The maximum atomic E-state index is 11.8. The molecule has 0 aromatic carbocycles. The molecule has 1 aliphatic heterocycles. The fourth-order valence-electron chi connectivity index (χ4n) is 2.81. The first-order valence-corrected chi connectivity index (χ1v) is 7.87. The van der Waals surface area contributed by atoms with Crippen LogP contribution in [0.1, 0.15) is 12.6 Å². The summed E-state index contributed by atoms with van der Waals surface area (Å²) in [6.45, 7) is -0.299. The summed E-state index contributed by atoms with van der Waals surface area (Å²) in [5.41, 5.74) is 5.98. The number of rotatable bonds is 4. The van der Waals surface area contributed by atoms with E-state index in [1.54, 1.807) is 16.7 Å². The predicted molar refractivity (Wildman–Crippen MR) is 88.1 cm³/mol. The van der Waals surface area contributed by atoms with Gasteiger partial charge in [0.15, 0.2) is 11.2 Å². The second kappa shape index (κ2) is 6.37. The Morgan fingerprint density at radius 2 is 2.23 bits per heavy atom. The number of fused-ring (bicyclic) bond motifs is 1. The predicted octanol–water partition coefficient (Wildman–Crippen LogP) is -0.947. The Morgan fingerprint density at radius 3 is 2.96 bits per heavy atom. The molecule has 4 heterocycles. The molecule has 0 radical (unpaired) electrons. The molecule has 0 amide bonds. The lowest BCUT2D eigenvalue weighted by molar-refractivity contribution is -0.0432. The molecule has 1 saturated heterocycles. The molecule has 1 aliphatic rings. The van der Waals surface area contributed by atoms with E-state index in [0.29, 0.717) is 5.65 Å². The van der Waals surface area contributed by atoms with Crippen molar-refractivity contribution in [2.24, 2.45) is 0 Å². The standard InChI is InChI=1S/C15H16N6O5/c16-15-18-13-12(14(19-15)26-21-4-2-1-3-10(21)24)17-7-20(13)11-5-8(23)9(6-22)25-11/h1-4,7-9,11,22-23H,5-6H2,(H2,16,18,19)/t8-,9+,11+/m0/s1. The maximum Gasteiger partial charge on any atom is 0.283 e.